The van der Waals surface area contributed by atoms with Gasteiger partial charge in [0, 0.05) is 20.0 Å². The Bertz CT molecular complexity index is 180. The molecular formula is C5H8BF3KNO. The Kier molecular flexibility index (Phi) is 4.81. The second-order valence-electron chi connectivity index (χ2n) is 2.81. The van der Waals surface area contributed by atoms with Crippen LogP contribution in [-0.2, 0) is 4.79 Å². The van der Waals surface area contributed by atoms with Crippen molar-refractivity contribution in [1.82, 2.24) is 4.90 Å². The van der Waals surface area contributed by atoms with Gasteiger partial charge in [0.2, 0.25) is 5.91 Å². The maximum absolute atomic E-state index is 11.9. The Morgan fingerprint density at radius 1 is 1.42 bits per heavy atom. The van der Waals surface area contributed by atoms with Crippen LogP contribution < -0.4 is 51.4 Å². The molecule has 1 aliphatic rings. The van der Waals surface area contributed by atoms with Crippen molar-refractivity contribution in [3.05, 3.63) is 0 Å². The van der Waals surface area contributed by atoms with Crippen LogP contribution in [-0.4, -0.2) is 30.9 Å². The van der Waals surface area contributed by atoms with Crippen LogP contribution in [0.4, 0.5) is 12.9 Å². The smallest absolute Gasteiger partial charge is 0.449 e. The summed E-state index contributed by atoms with van der Waals surface area (Å²) in [6.45, 7) is -3.73. The molecule has 0 bridgehead atoms. The Morgan fingerprint density at radius 3 is 2.08 bits per heavy atom. The fourth-order valence-electron chi connectivity index (χ4n) is 1.01. The molecule has 0 aromatic rings. The summed E-state index contributed by atoms with van der Waals surface area (Å²) in [7, 11) is 0. The van der Waals surface area contributed by atoms with E-state index in [9.17, 15) is 17.7 Å². The average Bonchev–Trinajstić information content (AvgIpc) is 1.51. The van der Waals surface area contributed by atoms with Crippen LogP contribution in [0.5, 0.6) is 0 Å². The minimum absolute atomic E-state index is 0. The molecule has 0 N–H and O–H groups in total. The molecule has 64 valence electrons. The molecular weight excluding hydrogens is 197 g/mol. The van der Waals surface area contributed by atoms with Crippen LogP contribution in [0.15, 0.2) is 0 Å². The normalized spacial score (nSPS) is 18.2. The van der Waals surface area contributed by atoms with E-state index in [1.54, 1.807) is 0 Å². The number of nitrogens with zero attached hydrogens (tertiary/aromatic N) is 1. The molecule has 0 spiro atoms. The molecule has 0 radical (unpaired) electrons. The SMILES string of the molecule is CC(=O)N1CC([B-](F)(F)F)C1.[K+]. The molecule has 2 nitrogen and oxygen atoms in total. The third kappa shape index (κ3) is 3.03. The molecule has 7 heteroatoms. The van der Waals surface area contributed by atoms with Crippen molar-refractivity contribution >= 4 is 12.9 Å². The Labute approximate surface area is 111 Å². The van der Waals surface area contributed by atoms with Crippen LogP contribution in [0.1, 0.15) is 6.92 Å². The van der Waals surface area contributed by atoms with Gasteiger partial charge in [-0.2, -0.15) is 0 Å². The summed E-state index contributed by atoms with van der Waals surface area (Å²) in [6, 6.07) is 0. The number of hydrogen-bond acceptors (Lipinski definition) is 1. The van der Waals surface area contributed by atoms with Gasteiger partial charge in [0.25, 0.3) is 0 Å². The minimum Gasteiger partial charge on any atom is -0.449 e. The fourth-order valence-corrected chi connectivity index (χ4v) is 1.01. The number of amides is 1. The van der Waals surface area contributed by atoms with Gasteiger partial charge in [-0.05, 0) is 5.82 Å². The van der Waals surface area contributed by atoms with E-state index in [1.165, 1.54) is 11.8 Å². The van der Waals surface area contributed by atoms with Crippen LogP contribution in [0, 0.1) is 0 Å². The number of carbonyl (C=O) groups excluding carboxylic acids is 1. The predicted molar refractivity (Wildman–Crippen MR) is 35.1 cm³/mol. The van der Waals surface area contributed by atoms with Gasteiger partial charge in [-0.1, -0.05) is 0 Å². The van der Waals surface area contributed by atoms with Gasteiger partial charge in [-0.3, -0.25) is 4.79 Å². The van der Waals surface area contributed by atoms with Crippen molar-refractivity contribution in [1.29, 1.82) is 0 Å². The van der Waals surface area contributed by atoms with E-state index in [2.05, 4.69) is 0 Å². The molecule has 0 aromatic carbocycles. The minimum atomic E-state index is -4.73. The molecule has 1 aliphatic heterocycles. The van der Waals surface area contributed by atoms with Crippen LogP contribution in [0.25, 0.3) is 0 Å². The number of likely N-dealkylation sites (tertiary alicyclic amines) is 1. The molecule has 1 rings (SSSR count). The topological polar surface area (TPSA) is 20.3 Å². The maximum atomic E-state index is 11.9. The van der Waals surface area contributed by atoms with Crippen molar-refractivity contribution in [2.75, 3.05) is 13.1 Å². The zero-order valence-corrected chi connectivity index (χ0v) is 10.2. The van der Waals surface area contributed by atoms with Crippen molar-refractivity contribution in [2.24, 2.45) is 0 Å². The molecule has 0 saturated carbocycles. The summed E-state index contributed by atoms with van der Waals surface area (Å²) in [5.41, 5.74) is 0. The zero-order chi connectivity index (χ0) is 8.65. The third-order valence-electron chi connectivity index (χ3n) is 1.89. The van der Waals surface area contributed by atoms with E-state index >= 15 is 0 Å². The summed E-state index contributed by atoms with van der Waals surface area (Å²) < 4.78 is 35.6. The number of carbonyl (C=O) groups is 1. The van der Waals surface area contributed by atoms with Gasteiger partial charge in [0.15, 0.2) is 0 Å². The van der Waals surface area contributed by atoms with E-state index in [0.717, 1.165) is 0 Å². The second kappa shape index (κ2) is 4.45. The largest absolute Gasteiger partial charge is 1.00 e. The summed E-state index contributed by atoms with van der Waals surface area (Å²) in [4.78, 5) is 11.7. The summed E-state index contributed by atoms with van der Waals surface area (Å²) >= 11 is 0. The second-order valence-corrected chi connectivity index (χ2v) is 2.81. The Balaban J connectivity index is 0.00000121. The van der Waals surface area contributed by atoms with Crippen molar-refractivity contribution < 1.29 is 69.1 Å². The number of halogens is 3. The van der Waals surface area contributed by atoms with E-state index in [0.29, 0.717) is 0 Å². The van der Waals surface area contributed by atoms with Gasteiger partial charge in [0.1, 0.15) is 0 Å². The summed E-state index contributed by atoms with van der Waals surface area (Å²) in [5.74, 6) is -1.51. The van der Waals surface area contributed by atoms with E-state index in [1.807, 2.05) is 0 Å². The van der Waals surface area contributed by atoms with Crippen molar-refractivity contribution in [3.63, 3.8) is 0 Å². The maximum Gasteiger partial charge on any atom is 1.00 e. The molecule has 1 fully saturated rings. The molecule has 1 saturated heterocycles. The van der Waals surface area contributed by atoms with E-state index in [4.69, 9.17) is 0 Å². The standard InChI is InChI=1S/C5H8BF3NO.K/c1-4(11)10-2-5(3-10)6(7,8)9;/h5H,2-3H2,1H3;/q-1;+1. The molecule has 12 heavy (non-hydrogen) atoms. The quantitative estimate of drug-likeness (QED) is 0.456. The predicted octanol–water partition coefficient (Wildman–Crippen LogP) is -1.93. The summed E-state index contributed by atoms with van der Waals surface area (Å²) in [6.07, 6.45) is 0. The van der Waals surface area contributed by atoms with E-state index < -0.39 is 12.8 Å². The van der Waals surface area contributed by atoms with Crippen LogP contribution in [0.2, 0.25) is 5.82 Å². The van der Waals surface area contributed by atoms with Gasteiger partial charge < -0.3 is 17.8 Å². The summed E-state index contributed by atoms with van der Waals surface area (Å²) in [5, 5.41) is 0. The number of rotatable bonds is 1. The van der Waals surface area contributed by atoms with Crippen molar-refractivity contribution in [3.8, 4) is 0 Å². The Hall–Kier alpha value is 0.961. The first-order valence-corrected chi connectivity index (χ1v) is 3.36. The van der Waals surface area contributed by atoms with Gasteiger partial charge in [0.05, 0.1) is 0 Å². The average molecular weight is 205 g/mol. The first kappa shape index (κ1) is 13.0. The monoisotopic (exact) mass is 205 g/mol. The van der Waals surface area contributed by atoms with Gasteiger partial charge >= 0.3 is 58.4 Å². The molecule has 0 unspecified atom stereocenters. The molecule has 0 aliphatic carbocycles. The van der Waals surface area contributed by atoms with Crippen LogP contribution in [0.3, 0.4) is 0 Å². The fraction of sp³-hybridized carbons (Fsp3) is 0.800. The first-order valence-electron chi connectivity index (χ1n) is 3.36. The molecule has 1 heterocycles. The van der Waals surface area contributed by atoms with Gasteiger partial charge in [-0.15, -0.1) is 0 Å². The zero-order valence-electron chi connectivity index (χ0n) is 7.06. The molecule has 1 amide bonds. The van der Waals surface area contributed by atoms with Crippen LogP contribution >= 0.6 is 0 Å². The molecule has 0 aromatic heterocycles. The Morgan fingerprint density at radius 2 is 1.83 bits per heavy atom. The van der Waals surface area contributed by atoms with Gasteiger partial charge in [-0.25, -0.2) is 0 Å². The first-order chi connectivity index (χ1) is 4.91. The molecule has 0 atom stereocenters. The third-order valence-corrected chi connectivity index (χ3v) is 1.89. The van der Waals surface area contributed by atoms with E-state index in [-0.39, 0.29) is 70.4 Å². The number of hydrogen-bond donors (Lipinski definition) is 0. The van der Waals surface area contributed by atoms with Crippen molar-refractivity contribution in [2.45, 2.75) is 12.7 Å².